The monoisotopic (exact) mass is 334 g/mol. The number of rotatable bonds is 6. The van der Waals surface area contributed by atoms with Crippen molar-refractivity contribution in [1.82, 2.24) is 4.98 Å². The Bertz CT molecular complexity index is 712. The molecule has 7 heteroatoms. The van der Waals surface area contributed by atoms with Gasteiger partial charge in [-0.1, -0.05) is 6.07 Å². The van der Waals surface area contributed by atoms with Gasteiger partial charge in [-0.05, 0) is 44.0 Å². The van der Waals surface area contributed by atoms with Crippen LogP contribution < -0.4 is 10.1 Å². The first-order chi connectivity index (χ1) is 10.9. The third-order valence-corrected chi connectivity index (χ3v) is 3.94. The molecule has 2 rings (SSSR count). The van der Waals surface area contributed by atoms with Crippen LogP contribution in [0.2, 0.25) is 0 Å². The summed E-state index contributed by atoms with van der Waals surface area (Å²) in [6, 6.07) is 5.55. The lowest BCUT2D eigenvalue weighted by Gasteiger charge is -2.08. The zero-order chi connectivity index (χ0) is 16.8. The topological polar surface area (TPSA) is 77.5 Å². The van der Waals surface area contributed by atoms with Gasteiger partial charge in [0.25, 0.3) is 5.91 Å². The summed E-state index contributed by atoms with van der Waals surface area (Å²) in [5.41, 5.74) is 3.05. The first kappa shape index (κ1) is 17.0. The number of esters is 1. The van der Waals surface area contributed by atoms with E-state index < -0.39 is 11.9 Å². The van der Waals surface area contributed by atoms with Crippen molar-refractivity contribution in [2.24, 2.45) is 0 Å². The number of anilines is 1. The molecular formula is C16H18N2O4S. The van der Waals surface area contributed by atoms with E-state index in [2.05, 4.69) is 10.3 Å². The molecule has 0 saturated heterocycles. The van der Waals surface area contributed by atoms with Crippen LogP contribution in [0.4, 0.5) is 5.13 Å². The number of nitrogens with zero attached hydrogens (tertiary/aromatic N) is 1. The summed E-state index contributed by atoms with van der Waals surface area (Å²) in [5, 5.41) is 4.86. The van der Waals surface area contributed by atoms with Crippen LogP contribution in [0.1, 0.15) is 16.8 Å². The first-order valence-corrected chi connectivity index (χ1v) is 7.89. The predicted molar refractivity (Wildman–Crippen MR) is 87.9 cm³/mol. The number of ether oxygens (including phenoxy) is 2. The van der Waals surface area contributed by atoms with E-state index in [4.69, 9.17) is 9.47 Å². The van der Waals surface area contributed by atoms with Crippen LogP contribution in [0.5, 0.6) is 5.75 Å². The van der Waals surface area contributed by atoms with Crippen LogP contribution in [0.15, 0.2) is 23.6 Å². The molecule has 1 N–H and O–H groups in total. The van der Waals surface area contributed by atoms with Gasteiger partial charge in [0.1, 0.15) is 5.75 Å². The Balaban J connectivity index is 1.72. The van der Waals surface area contributed by atoms with Gasteiger partial charge in [0.2, 0.25) is 0 Å². The molecule has 122 valence electrons. The highest BCUT2D eigenvalue weighted by molar-refractivity contribution is 7.13. The maximum Gasteiger partial charge on any atom is 0.344 e. The Morgan fingerprint density at radius 1 is 1.17 bits per heavy atom. The first-order valence-electron chi connectivity index (χ1n) is 7.01. The van der Waals surface area contributed by atoms with E-state index in [1.807, 2.05) is 38.3 Å². The van der Waals surface area contributed by atoms with Crippen molar-refractivity contribution in [3.63, 3.8) is 0 Å². The van der Waals surface area contributed by atoms with Gasteiger partial charge in [-0.3, -0.25) is 10.1 Å². The lowest BCUT2D eigenvalue weighted by atomic mass is 10.1. The molecule has 1 amide bonds. The van der Waals surface area contributed by atoms with Crippen molar-refractivity contribution >= 4 is 28.3 Å². The Kier molecular flexibility index (Phi) is 5.70. The van der Waals surface area contributed by atoms with E-state index in [-0.39, 0.29) is 13.2 Å². The summed E-state index contributed by atoms with van der Waals surface area (Å²) in [7, 11) is 0. The maximum absolute atomic E-state index is 11.6. The molecule has 0 saturated carbocycles. The highest BCUT2D eigenvalue weighted by Gasteiger charge is 2.10. The molecule has 0 fully saturated rings. The zero-order valence-corrected chi connectivity index (χ0v) is 14.0. The number of benzene rings is 1. The minimum absolute atomic E-state index is 0.244. The van der Waals surface area contributed by atoms with Crippen molar-refractivity contribution in [2.45, 2.75) is 20.8 Å². The van der Waals surface area contributed by atoms with Crippen molar-refractivity contribution in [2.75, 3.05) is 18.5 Å². The Morgan fingerprint density at radius 2 is 1.96 bits per heavy atom. The number of thiazole rings is 1. The molecule has 0 aliphatic carbocycles. The number of hydrogen-bond acceptors (Lipinski definition) is 6. The molecule has 0 bridgehead atoms. The third kappa shape index (κ3) is 5.37. The number of amides is 1. The van der Waals surface area contributed by atoms with Crippen LogP contribution in [0.25, 0.3) is 0 Å². The van der Waals surface area contributed by atoms with Gasteiger partial charge in [-0.15, -0.1) is 11.3 Å². The van der Waals surface area contributed by atoms with Crippen LogP contribution >= 0.6 is 11.3 Å². The summed E-state index contributed by atoms with van der Waals surface area (Å²) in [6.45, 7) is 5.18. The molecule has 0 spiro atoms. The quantitative estimate of drug-likeness (QED) is 0.822. The van der Waals surface area contributed by atoms with Gasteiger partial charge >= 0.3 is 5.97 Å². The molecule has 1 heterocycles. The SMILES string of the molecule is Cc1csc(NC(=O)COC(=O)COc2ccc(C)c(C)c2)n1. The second-order valence-electron chi connectivity index (χ2n) is 5.04. The molecule has 0 atom stereocenters. The van der Waals surface area contributed by atoms with Gasteiger partial charge in [0.15, 0.2) is 18.3 Å². The van der Waals surface area contributed by atoms with Crippen LogP contribution in [-0.2, 0) is 14.3 Å². The Hall–Kier alpha value is -2.41. The highest BCUT2D eigenvalue weighted by atomic mass is 32.1. The van der Waals surface area contributed by atoms with Gasteiger partial charge < -0.3 is 9.47 Å². The summed E-state index contributed by atoms with van der Waals surface area (Å²) in [6.07, 6.45) is 0. The van der Waals surface area contributed by atoms with Gasteiger partial charge in [-0.2, -0.15) is 0 Å². The molecule has 0 unspecified atom stereocenters. The standard InChI is InChI=1S/C16H18N2O4S/c1-10-4-5-13(6-11(10)2)21-8-15(20)22-7-14(19)18-16-17-12(3)9-23-16/h4-6,9H,7-8H2,1-3H3,(H,17,18,19). The highest BCUT2D eigenvalue weighted by Crippen LogP contribution is 2.16. The lowest BCUT2D eigenvalue weighted by molar-refractivity contribution is -0.149. The van der Waals surface area contributed by atoms with E-state index in [0.29, 0.717) is 10.9 Å². The molecule has 23 heavy (non-hydrogen) atoms. The van der Waals surface area contributed by atoms with E-state index in [1.165, 1.54) is 11.3 Å². The maximum atomic E-state index is 11.6. The molecule has 0 aliphatic rings. The van der Waals surface area contributed by atoms with Crippen LogP contribution in [0.3, 0.4) is 0 Å². The van der Waals surface area contributed by atoms with Crippen LogP contribution in [-0.4, -0.2) is 30.1 Å². The van der Waals surface area contributed by atoms with Gasteiger partial charge in [-0.25, -0.2) is 9.78 Å². The van der Waals surface area contributed by atoms with Gasteiger partial charge in [0, 0.05) is 5.38 Å². The molecule has 0 aliphatic heterocycles. The number of aromatic nitrogens is 1. The normalized spacial score (nSPS) is 10.2. The van der Waals surface area contributed by atoms with Crippen molar-refractivity contribution in [3.8, 4) is 5.75 Å². The largest absolute Gasteiger partial charge is 0.482 e. The third-order valence-electron chi connectivity index (χ3n) is 3.06. The van der Waals surface area contributed by atoms with Gasteiger partial charge in [0.05, 0.1) is 5.69 Å². The number of hydrogen-bond donors (Lipinski definition) is 1. The molecule has 1 aromatic carbocycles. The van der Waals surface area contributed by atoms with Crippen molar-refractivity contribution in [3.05, 3.63) is 40.4 Å². The summed E-state index contributed by atoms with van der Waals surface area (Å²) in [5.74, 6) is -0.444. The predicted octanol–water partition coefficient (Wildman–Crippen LogP) is 2.63. The number of aryl methyl sites for hydroxylation is 3. The molecule has 1 aromatic heterocycles. The molecule has 0 radical (unpaired) electrons. The van der Waals surface area contributed by atoms with E-state index in [9.17, 15) is 9.59 Å². The molecule has 6 nitrogen and oxygen atoms in total. The van der Waals surface area contributed by atoms with Crippen LogP contribution in [0, 0.1) is 20.8 Å². The van der Waals surface area contributed by atoms with Crippen molar-refractivity contribution < 1.29 is 19.1 Å². The minimum atomic E-state index is -0.603. The fourth-order valence-electron chi connectivity index (χ4n) is 1.70. The smallest absolute Gasteiger partial charge is 0.344 e. The van der Waals surface area contributed by atoms with E-state index in [1.54, 1.807) is 6.07 Å². The second-order valence-corrected chi connectivity index (χ2v) is 5.90. The number of nitrogens with one attached hydrogen (secondary N) is 1. The zero-order valence-electron chi connectivity index (χ0n) is 13.2. The molecular weight excluding hydrogens is 316 g/mol. The minimum Gasteiger partial charge on any atom is -0.482 e. The Morgan fingerprint density at radius 3 is 2.61 bits per heavy atom. The molecule has 2 aromatic rings. The lowest BCUT2D eigenvalue weighted by Crippen LogP contribution is -2.23. The van der Waals surface area contributed by atoms with Crippen molar-refractivity contribution in [1.29, 1.82) is 0 Å². The fourth-order valence-corrected chi connectivity index (χ4v) is 2.40. The second kappa shape index (κ2) is 7.73. The van der Waals surface area contributed by atoms with E-state index >= 15 is 0 Å². The van der Waals surface area contributed by atoms with E-state index in [0.717, 1.165) is 16.8 Å². The summed E-state index contributed by atoms with van der Waals surface area (Å²) < 4.78 is 10.2. The number of carbonyl (C=O) groups excluding carboxylic acids is 2. The fraction of sp³-hybridized carbons (Fsp3) is 0.312. The Labute approximate surface area is 138 Å². The summed E-state index contributed by atoms with van der Waals surface area (Å²) in [4.78, 5) is 27.3. The summed E-state index contributed by atoms with van der Waals surface area (Å²) >= 11 is 1.31. The average Bonchev–Trinajstić information content (AvgIpc) is 2.91. The average molecular weight is 334 g/mol. The number of carbonyl (C=O) groups is 2.